The van der Waals surface area contributed by atoms with Gasteiger partial charge in [-0.2, -0.15) is 9.57 Å². The van der Waals surface area contributed by atoms with E-state index in [1.165, 1.54) is 35.7 Å². The number of piperazine rings is 1. The largest absolute Gasteiger partial charge is 0.382 e. The molecule has 1 saturated heterocycles. The molecule has 0 aromatic heterocycles. The van der Waals surface area contributed by atoms with Crippen molar-refractivity contribution < 1.29 is 17.9 Å². The van der Waals surface area contributed by atoms with Crippen LogP contribution in [-0.2, 0) is 14.8 Å². The van der Waals surface area contributed by atoms with E-state index in [4.69, 9.17) is 10.00 Å². The molecule has 0 aliphatic carbocycles. The Bertz CT molecular complexity index is 969. The summed E-state index contributed by atoms with van der Waals surface area (Å²) in [5.74, 6) is -0.141. The van der Waals surface area contributed by atoms with Crippen molar-refractivity contribution in [3.8, 4) is 6.07 Å². The fourth-order valence-corrected chi connectivity index (χ4v) is 4.71. The highest BCUT2D eigenvalue weighted by molar-refractivity contribution is 7.89. The van der Waals surface area contributed by atoms with Crippen LogP contribution in [0.2, 0.25) is 0 Å². The molecule has 2 aromatic carbocycles. The van der Waals surface area contributed by atoms with Crippen LogP contribution in [0.25, 0.3) is 0 Å². The van der Waals surface area contributed by atoms with Crippen LogP contribution < -0.4 is 0 Å². The van der Waals surface area contributed by atoms with Gasteiger partial charge in [-0.25, -0.2) is 8.42 Å². The van der Waals surface area contributed by atoms with Crippen molar-refractivity contribution in [2.45, 2.75) is 10.9 Å². The van der Waals surface area contributed by atoms with E-state index < -0.39 is 10.0 Å². The molecule has 1 atom stereocenters. The minimum atomic E-state index is -3.72. The molecule has 0 N–H and O–H groups in total. The maximum atomic E-state index is 13.0. The standard InChI is InChI=1S/C20H21N3O4S/c1-27-15-18-14-22(28(25,26)19-9-7-16(13-21)8-10-19)11-12-23(18)20(24)17-5-3-2-4-6-17/h2-10,18H,11-12,14-15H2,1H3. The highest BCUT2D eigenvalue weighted by Crippen LogP contribution is 2.22. The predicted octanol–water partition coefficient (Wildman–Crippen LogP) is 1.72. The van der Waals surface area contributed by atoms with Crippen LogP contribution in [0, 0.1) is 11.3 Å². The maximum Gasteiger partial charge on any atom is 0.254 e. The van der Waals surface area contributed by atoms with E-state index in [0.29, 0.717) is 11.1 Å². The van der Waals surface area contributed by atoms with Crippen LogP contribution >= 0.6 is 0 Å². The first-order valence-electron chi connectivity index (χ1n) is 8.82. The molecular weight excluding hydrogens is 378 g/mol. The van der Waals surface area contributed by atoms with E-state index in [0.717, 1.165) is 0 Å². The first-order chi connectivity index (χ1) is 13.5. The van der Waals surface area contributed by atoms with Gasteiger partial charge in [0.05, 0.1) is 29.2 Å². The Morgan fingerprint density at radius 2 is 1.82 bits per heavy atom. The number of rotatable bonds is 5. The number of amides is 1. The molecule has 146 valence electrons. The second kappa shape index (κ2) is 8.52. The number of hydrogen-bond donors (Lipinski definition) is 0. The van der Waals surface area contributed by atoms with Crippen molar-refractivity contribution in [1.29, 1.82) is 5.26 Å². The summed E-state index contributed by atoms with van der Waals surface area (Å²) in [5, 5.41) is 8.89. The molecule has 1 aliphatic rings. The zero-order chi connectivity index (χ0) is 20.1. The second-order valence-electron chi connectivity index (χ2n) is 6.47. The fraction of sp³-hybridized carbons (Fsp3) is 0.300. The quantitative estimate of drug-likeness (QED) is 0.764. The van der Waals surface area contributed by atoms with Crippen LogP contribution in [0.3, 0.4) is 0 Å². The highest BCUT2D eigenvalue weighted by Gasteiger charge is 2.36. The first kappa shape index (κ1) is 20.0. The molecule has 1 unspecified atom stereocenters. The number of sulfonamides is 1. The Hall–Kier alpha value is -2.73. The Labute approximate surface area is 164 Å². The molecule has 0 saturated carbocycles. The third-order valence-corrected chi connectivity index (χ3v) is 6.59. The van der Waals surface area contributed by atoms with Gasteiger partial charge < -0.3 is 9.64 Å². The topological polar surface area (TPSA) is 90.7 Å². The minimum Gasteiger partial charge on any atom is -0.382 e. The van der Waals surface area contributed by atoms with Crippen LogP contribution in [0.4, 0.5) is 0 Å². The molecule has 0 bridgehead atoms. The summed E-state index contributed by atoms with van der Waals surface area (Å²) in [6, 6.07) is 16.3. The zero-order valence-electron chi connectivity index (χ0n) is 15.5. The van der Waals surface area contributed by atoms with Gasteiger partial charge in [-0.05, 0) is 36.4 Å². The van der Waals surface area contributed by atoms with Gasteiger partial charge in [-0.15, -0.1) is 0 Å². The molecule has 2 aromatic rings. The van der Waals surface area contributed by atoms with Crippen LogP contribution in [-0.4, -0.2) is 62.9 Å². The average molecular weight is 399 g/mol. The van der Waals surface area contributed by atoms with Gasteiger partial charge in [-0.1, -0.05) is 18.2 Å². The second-order valence-corrected chi connectivity index (χ2v) is 8.41. The summed E-state index contributed by atoms with van der Waals surface area (Å²) in [6.07, 6.45) is 0. The number of carbonyl (C=O) groups is 1. The van der Waals surface area contributed by atoms with Crippen molar-refractivity contribution in [1.82, 2.24) is 9.21 Å². The van der Waals surface area contributed by atoms with Gasteiger partial charge in [0.2, 0.25) is 10.0 Å². The smallest absolute Gasteiger partial charge is 0.254 e. The highest BCUT2D eigenvalue weighted by atomic mass is 32.2. The Morgan fingerprint density at radius 1 is 1.14 bits per heavy atom. The lowest BCUT2D eigenvalue weighted by atomic mass is 10.1. The Balaban J connectivity index is 1.81. The summed E-state index contributed by atoms with van der Waals surface area (Å²) in [7, 11) is -2.19. The molecular formula is C20H21N3O4S. The molecule has 1 fully saturated rings. The summed E-state index contributed by atoms with van der Waals surface area (Å²) in [5.41, 5.74) is 0.960. The van der Waals surface area contributed by atoms with Gasteiger partial charge in [0.15, 0.2) is 0 Å². The number of ether oxygens (including phenoxy) is 1. The predicted molar refractivity (Wildman–Crippen MR) is 103 cm³/mol. The van der Waals surface area contributed by atoms with E-state index in [-0.39, 0.29) is 43.1 Å². The molecule has 1 amide bonds. The molecule has 1 heterocycles. The average Bonchev–Trinajstić information content (AvgIpc) is 2.74. The number of hydrogen-bond acceptors (Lipinski definition) is 5. The lowest BCUT2D eigenvalue weighted by molar-refractivity contribution is 0.0359. The molecule has 8 heteroatoms. The SMILES string of the molecule is COCC1CN(S(=O)(=O)c2ccc(C#N)cc2)CCN1C(=O)c1ccccc1. The normalized spacial score (nSPS) is 17.9. The van der Waals surface area contributed by atoms with Crippen molar-refractivity contribution in [3.63, 3.8) is 0 Å². The minimum absolute atomic E-state index is 0.130. The molecule has 7 nitrogen and oxygen atoms in total. The summed E-state index contributed by atoms with van der Waals surface area (Å²) < 4.78 is 32.6. The van der Waals surface area contributed by atoms with Crippen molar-refractivity contribution in [3.05, 3.63) is 65.7 Å². The van der Waals surface area contributed by atoms with Gasteiger partial charge in [0.25, 0.3) is 5.91 Å². The van der Waals surface area contributed by atoms with Gasteiger partial charge in [0.1, 0.15) is 0 Å². The van der Waals surface area contributed by atoms with Gasteiger partial charge in [0, 0.05) is 32.3 Å². The van der Waals surface area contributed by atoms with Crippen molar-refractivity contribution >= 4 is 15.9 Å². The van der Waals surface area contributed by atoms with Gasteiger partial charge in [-0.3, -0.25) is 4.79 Å². The third kappa shape index (κ3) is 4.07. The van der Waals surface area contributed by atoms with E-state index >= 15 is 0 Å². The molecule has 28 heavy (non-hydrogen) atoms. The van der Waals surface area contributed by atoms with E-state index in [9.17, 15) is 13.2 Å². The molecule has 0 spiro atoms. The van der Waals surface area contributed by atoms with Crippen LogP contribution in [0.1, 0.15) is 15.9 Å². The van der Waals surface area contributed by atoms with Gasteiger partial charge >= 0.3 is 0 Å². The molecule has 3 rings (SSSR count). The number of methoxy groups -OCH3 is 1. The van der Waals surface area contributed by atoms with Crippen molar-refractivity contribution in [2.75, 3.05) is 33.4 Å². The molecule has 1 aliphatic heterocycles. The zero-order valence-corrected chi connectivity index (χ0v) is 16.3. The summed E-state index contributed by atoms with van der Waals surface area (Å²) >= 11 is 0. The summed E-state index contributed by atoms with van der Waals surface area (Å²) in [4.78, 5) is 14.7. The number of carbonyl (C=O) groups excluding carboxylic acids is 1. The fourth-order valence-electron chi connectivity index (χ4n) is 3.24. The van der Waals surface area contributed by atoms with E-state index in [1.54, 1.807) is 29.2 Å². The first-order valence-corrected chi connectivity index (χ1v) is 10.3. The lowest BCUT2D eigenvalue weighted by Crippen LogP contribution is -2.57. The Kier molecular flexibility index (Phi) is 6.09. The number of nitrogens with zero attached hydrogens (tertiary/aromatic N) is 3. The Morgan fingerprint density at radius 3 is 2.43 bits per heavy atom. The van der Waals surface area contributed by atoms with E-state index in [1.807, 2.05) is 12.1 Å². The number of benzene rings is 2. The van der Waals surface area contributed by atoms with Crippen molar-refractivity contribution in [2.24, 2.45) is 0 Å². The lowest BCUT2D eigenvalue weighted by Gasteiger charge is -2.40. The number of nitriles is 1. The van der Waals surface area contributed by atoms with Crippen LogP contribution in [0.5, 0.6) is 0 Å². The van der Waals surface area contributed by atoms with Crippen LogP contribution in [0.15, 0.2) is 59.5 Å². The summed E-state index contributed by atoms with van der Waals surface area (Å²) in [6.45, 7) is 0.852. The third-order valence-electron chi connectivity index (χ3n) is 4.71. The molecule has 0 radical (unpaired) electrons. The monoisotopic (exact) mass is 399 g/mol. The van der Waals surface area contributed by atoms with E-state index in [2.05, 4.69) is 0 Å². The maximum absolute atomic E-state index is 13.0.